The summed E-state index contributed by atoms with van der Waals surface area (Å²) in [6.07, 6.45) is 5.90. The molecule has 2 aromatic heterocycles. The maximum absolute atomic E-state index is 13.6. The second-order valence-corrected chi connectivity index (χ2v) is 8.97. The number of para-hydroxylation sites is 1. The van der Waals surface area contributed by atoms with E-state index in [-0.39, 0.29) is 11.4 Å². The Kier molecular flexibility index (Phi) is 6.60. The van der Waals surface area contributed by atoms with Gasteiger partial charge in [-0.05, 0) is 33.3 Å². The maximum atomic E-state index is 13.6. The molecule has 0 aliphatic carbocycles. The van der Waals surface area contributed by atoms with Crippen LogP contribution in [0.4, 0.5) is 0 Å². The summed E-state index contributed by atoms with van der Waals surface area (Å²) in [5, 5.41) is 11.6. The molecule has 0 bridgehead atoms. The summed E-state index contributed by atoms with van der Waals surface area (Å²) in [5.74, 6) is -0.865. The quantitative estimate of drug-likeness (QED) is 0.478. The molecule has 0 spiro atoms. The van der Waals surface area contributed by atoms with Crippen molar-refractivity contribution in [2.45, 2.75) is 39.8 Å². The van der Waals surface area contributed by atoms with Gasteiger partial charge >= 0.3 is 0 Å². The van der Waals surface area contributed by atoms with Crippen LogP contribution in [0.1, 0.15) is 45.3 Å². The number of thiazole rings is 1. The molecule has 0 saturated heterocycles. The molecule has 33 heavy (non-hydrogen) atoms. The first-order valence-corrected chi connectivity index (χ1v) is 11.6. The SMILES string of the molecule is CCOc1ccccc1C1C(C(=O)c2sc(C)nc2C)=C(O)C(=O)N1CCCn1ccnc1. The largest absolute Gasteiger partial charge is 0.503 e. The number of rotatable bonds is 9. The molecule has 1 amide bonds. The smallest absolute Gasteiger partial charge is 0.290 e. The van der Waals surface area contributed by atoms with E-state index in [0.29, 0.717) is 48.0 Å². The lowest BCUT2D eigenvalue weighted by Crippen LogP contribution is -2.32. The van der Waals surface area contributed by atoms with Gasteiger partial charge in [0, 0.05) is 31.0 Å². The molecular weight excluding hydrogens is 440 g/mol. The first kappa shape index (κ1) is 22.7. The van der Waals surface area contributed by atoms with Crippen molar-refractivity contribution in [3.8, 4) is 5.75 Å². The predicted octanol–water partition coefficient (Wildman–Crippen LogP) is 4.02. The van der Waals surface area contributed by atoms with E-state index in [2.05, 4.69) is 9.97 Å². The second-order valence-electron chi connectivity index (χ2n) is 7.76. The number of nitrogens with zero attached hydrogens (tertiary/aromatic N) is 4. The molecule has 1 aliphatic heterocycles. The third kappa shape index (κ3) is 4.41. The number of amides is 1. The first-order chi connectivity index (χ1) is 15.9. The number of imidazole rings is 1. The van der Waals surface area contributed by atoms with E-state index >= 15 is 0 Å². The van der Waals surface area contributed by atoms with Gasteiger partial charge in [0.1, 0.15) is 5.75 Å². The summed E-state index contributed by atoms with van der Waals surface area (Å²) >= 11 is 1.26. The van der Waals surface area contributed by atoms with E-state index in [0.717, 1.165) is 5.01 Å². The fraction of sp³-hybridized carbons (Fsp3) is 0.333. The van der Waals surface area contributed by atoms with Crippen molar-refractivity contribution in [2.75, 3.05) is 13.2 Å². The molecule has 4 rings (SSSR count). The van der Waals surface area contributed by atoms with Crippen molar-refractivity contribution in [3.63, 3.8) is 0 Å². The van der Waals surface area contributed by atoms with Gasteiger partial charge in [-0.2, -0.15) is 0 Å². The number of hydrogen-bond acceptors (Lipinski definition) is 7. The zero-order chi connectivity index (χ0) is 23.5. The summed E-state index contributed by atoms with van der Waals surface area (Å²) in [5.41, 5.74) is 1.33. The van der Waals surface area contributed by atoms with Gasteiger partial charge in [0.05, 0.1) is 40.1 Å². The Hall–Kier alpha value is -3.46. The zero-order valence-electron chi connectivity index (χ0n) is 18.8. The lowest BCUT2D eigenvalue weighted by Gasteiger charge is -2.28. The van der Waals surface area contributed by atoms with Crippen molar-refractivity contribution in [2.24, 2.45) is 0 Å². The normalized spacial score (nSPS) is 16.0. The Morgan fingerprint density at radius 3 is 2.70 bits per heavy atom. The van der Waals surface area contributed by atoms with Crippen molar-refractivity contribution in [3.05, 3.63) is 75.5 Å². The molecular formula is C24H26N4O4S. The van der Waals surface area contributed by atoms with Gasteiger partial charge in [-0.3, -0.25) is 9.59 Å². The van der Waals surface area contributed by atoms with E-state index < -0.39 is 17.7 Å². The summed E-state index contributed by atoms with van der Waals surface area (Å²) in [6, 6.07) is 6.58. The summed E-state index contributed by atoms with van der Waals surface area (Å²) in [7, 11) is 0. The van der Waals surface area contributed by atoms with E-state index in [1.807, 2.05) is 48.9 Å². The van der Waals surface area contributed by atoms with Gasteiger partial charge in [-0.1, -0.05) is 18.2 Å². The zero-order valence-corrected chi connectivity index (χ0v) is 19.6. The Balaban J connectivity index is 1.74. The van der Waals surface area contributed by atoms with Crippen LogP contribution in [0.5, 0.6) is 5.75 Å². The van der Waals surface area contributed by atoms with E-state index in [9.17, 15) is 14.7 Å². The number of Topliss-reactive ketones (excluding diaryl/α,β-unsaturated/α-hetero) is 1. The highest BCUT2D eigenvalue weighted by molar-refractivity contribution is 7.14. The molecule has 172 valence electrons. The van der Waals surface area contributed by atoms with Gasteiger partial charge in [0.2, 0.25) is 5.78 Å². The summed E-state index contributed by atoms with van der Waals surface area (Å²) in [4.78, 5) is 37.2. The van der Waals surface area contributed by atoms with Crippen LogP contribution in [0.3, 0.4) is 0 Å². The van der Waals surface area contributed by atoms with Gasteiger partial charge in [0.15, 0.2) is 5.76 Å². The first-order valence-electron chi connectivity index (χ1n) is 10.8. The van der Waals surface area contributed by atoms with Crippen LogP contribution in [0.25, 0.3) is 0 Å². The van der Waals surface area contributed by atoms with Crippen molar-refractivity contribution in [1.29, 1.82) is 0 Å². The summed E-state index contributed by atoms with van der Waals surface area (Å²) < 4.78 is 7.74. The highest BCUT2D eigenvalue weighted by Gasteiger charge is 2.45. The van der Waals surface area contributed by atoms with E-state index in [1.165, 1.54) is 11.3 Å². The number of hydrogen-bond donors (Lipinski definition) is 1. The van der Waals surface area contributed by atoms with Gasteiger partial charge in [-0.15, -0.1) is 11.3 Å². The molecule has 0 radical (unpaired) electrons. The minimum absolute atomic E-state index is 0.0709. The Labute approximate surface area is 196 Å². The predicted molar refractivity (Wildman–Crippen MR) is 124 cm³/mol. The minimum Gasteiger partial charge on any atom is -0.503 e. The van der Waals surface area contributed by atoms with Crippen LogP contribution in [-0.4, -0.2) is 49.4 Å². The van der Waals surface area contributed by atoms with Crippen molar-refractivity contribution >= 4 is 23.0 Å². The number of aliphatic hydroxyl groups is 1. The fourth-order valence-corrected chi connectivity index (χ4v) is 5.01. The highest BCUT2D eigenvalue weighted by Crippen LogP contribution is 2.43. The number of aromatic nitrogens is 3. The van der Waals surface area contributed by atoms with Crippen molar-refractivity contribution < 1.29 is 19.4 Å². The number of ketones is 1. The van der Waals surface area contributed by atoms with Crippen molar-refractivity contribution in [1.82, 2.24) is 19.4 Å². The maximum Gasteiger partial charge on any atom is 0.290 e. The molecule has 1 N–H and O–H groups in total. The third-order valence-corrected chi connectivity index (χ3v) is 6.62. The van der Waals surface area contributed by atoms with E-state index in [4.69, 9.17) is 4.74 Å². The van der Waals surface area contributed by atoms with Gasteiger partial charge in [-0.25, -0.2) is 9.97 Å². The minimum atomic E-state index is -0.752. The molecule has 1 aliphatic rings. The average molecular weight is 467 g/mol. The van der Waals surface area contributed by atoms with Gasteiger partial charge in [0.25, 0.3) is 5.91 Å². The van der Waals surface area contributed by atoms with Crippen LogP contribution in [0.15, 0.2) is 54.3 Å². The van der Waals surface area contributed by atoms with Crippen LogP contribution in [-0.2, 0) is 11.3 Å². The van der Waals surface area contributed by atoms with Crippen LogP contribution < -0.4 is 4.74 Å². The molecule has 3 aromatic rings. The lowest BCUT2D eigenvalue weighted by molar-refractivity contribution is -0.129. The molecule has 0 saturated carbocycles. The highest BCUT2D eigenvalue weighted by atomic mass is 32.1. The number of ether oxygens (including phenoxy) is 1. The van der Waals surface area contributed by atoms with Crippen LogP contribution in [0, 0.1) is 13.8 Å². The average Bonchev–Trinajstić information content (AvgIpc) is 3.49. The standard InChI is InChI=1S/C24H26N4O4S/c1-4-32-18-9-6-5-8-17(18)20-19(21(29)23-15(2)26-16(3)33-23)22(30)24(31)28(20)12-7-11-27-13-10-25-14-27/h5-6,8-10,13-14,20,30H,4,7,11-12H2,1-3H3. The molecule has 1 atom stereocenters. The fourth-order valence-electron chi connectivity index (χ4n) is 4.14. The Morgan fingerprint density at radius 2 is 2.03 bits per heavy atom. The van der Waals surface area contributed by atoms with Crippen LogP contribution in [0.2, 0.25) is 0 Å². The molecule has 0 fully saturated rings. The monoisotopic (exact) mass is 466 g/mol. The molecule has 1 unspecified atom stereocenters. The topological polar surface area (TPSA) is 97.5 Å². The number of aryl methyl sites for hydroxylation is 3. The lowest BCUT2D eigenvalue weighted by atomic mass is 9.94. The Bertz CT molecular complexity index is 1200. The molecule has 8 nitrogen and oxygen atoms in total. The summed E-state index contributed by atoms with van der Waals surface area (Å²) in [6.45, 7) is 6.90. The number of aliphatic hydroxyl groups excluding tert-OH is 1. The number of benzene rings is 1. The molecule has 1 aromatic carbocycles. The van der Waals surface area contributed by atoms with E-state index in [1.54, 1.807) is 24.3 Å². The molecule has 3 heterocycles. The Morgan fingerprint density at radius 1 is 1.24 bits per heavy atom. The molecule has 9 heteroatoms. The van der Waals surface area contributed by atoms with Gasteiger partial charge < -0.3 is 19.3 Å². The second kappa shape index (κ2) is 9.58. The third-order valence-electron chi connectivity index (χ3n) is 5.55. The number of carbonyl (C=O) groups excluding carboxylic acids is 2. The van der Waals surface area contributed by atoms with Crippen LogP contribution >= 0.6 is 11.3 Å². The number of carbonyl (C=O) groups is 2.